The molecule has 5 nitrogen and oxygen atoms in total. The van der Waals surface area contributed by atoms with Gasteiger partial charge in [-0.25, -0.2) is 0 Å². The molecule has 2 aliphatic rings. The fraction of sp³-hybridized carbons (Fsp3) is 0.600. The first-order valence-corrected chi connectivity index (χ1v) is 8.31. The first-order chi connectivity index (χ1) is 10.1. The topological polar surface area (TPSA) is 78.9 Å². The number of amidine groups is 1. The predicted octanol–water partition coefficient (Wildman–Crippen LogP) is 2.40. The first-order valence-electron chi connectivity index (χ1n) is 7.37. The third-order valence-corrected chi connectivity index (χ3v) is 5.31. The van der Waals surface area contributed by atoms with Crippen LogP contribution in [-0.2, 0) is 11.3 Å². The number of thiophene rings is 1. The third kappa shape index (κ3) is 2.52. The Morgan fingerprint density at radius 1 is 1.57 bits per heavy atom. The maximum Gasteiger partial charge on any atom is 0.237 e. The molecule has 1 aromatic rings. The van der Waals surface area contributed by atoms with Crippen LogP contribution in [-0.4, -0.2) is 27.9 Å². The zero-order valence-electron chi connectivity index (χ0n) is 12.2. The van der Waals surface area contributed by atoms with Crippen molar-refractivity contribution in [3.05, 3.63) is 22.4 Å². The number of hydrogen-bond donors (Lipinski definition) is 2. The zero-order chi connectivity index (χ0) is 15.0. The minimum Gasteiger partial charge on any atom is -0.409 e. The summed E-state index contributed by atoms with van der Waals surface area (Å²) in [6.45, 7) is 2.72. The third-order valence-electron chi connectivity index (χ3n) is 4.58. The van der Waals surface area contributed by atoms with Crippen molar-refractivity contribution in [3.8, 4) is 0 Å². The van der Waals surface area contributed by atoms with Gasteiger partial charge in [-0.1, -0.05) is 12.1 Å². The van der Waals surface area contributed by atoms with Crippen LogP contribution < -0.4 is 5.73 Å². The van der Waals surface area contributed by atoms with Gasteiger partial charge < -0.3 is 15.8 Å². The van der Waals surface area contributed by atoms with Gasteiger partial charge in [0.05, 0.1) is 0 Å². The van der Waals surface area contributed by atoms with Crippen LogP contribution >= 0.6 is 11.3 Å². The fourth-order valence-electron chi connectivity index (χ4n) is 3.33. The van der Waals surface area contributed by atoms with E-state index in [-0.39, 0.29) is 11.7 Å². The average molecular weight is 307 g/mol. The van der Waals surface area contributed by atoms with Crippen LogP contribution in [0.1, 0.15) is 38.2 Å². The first kappa shape index (κ1) is 14.4. The monoisotopic (exact) mass is 307 g/mol. The number of rotatable bonds is 5. The van der Waals surface area contributed by atoms with Crippen LogP contribution in [0.2, 0.25) is 0 Å². The molecule has 0 atom stereocenters. The van der Waals surface area contributed by atoms with Crippen molar-refractivity contribution in [2.75, 3.05) is 0 Å². The minimum absolute atomic E-state index is 0.0320. The van der Waals surface area contributed by atoms with E-state index < -0.39 is 5.41 Å². The molecule has 114 valence electrons. The van der Waals surface area contributed by atoms with Crippen LogP contribution in [0.15, 0.2) is 22.0 Å². The fourth-order valence-corrected chi connectivity index (χ4v) is 3.99. The van der Waals surface area contributed by atoms with E-state index in [1.807, 2.05) is 16.3 Å². The highest BCUT2D eigenvalue weighted by Gasteiger charge is 2.55. The van der Waals surface area contributed by atoms with E-state index in [4.69, 9.17) is 10.9 Å². The van der Waals surface area contributed by atoms with Gasteiger partial charge in [0.1, 0.15) is 5.41 Å². The number of hydrogen-bond acceptors (Lipinski definition) is 4. The molecule has 2 fully saturated rings. The molecule has 3 rings (SSSR count). The summed E-state index contributed by atoms with van der Waals surface area (Å²) < 4.78 is 0. The molecule has 0 radical (unpaired) electrons. The van der Waals surface area contributed by atoms with Gasteiger partial charge in [-0.3, -0.25) is 4.79 Å². The number of amides is 1. The molecule has 0 bridgehead atoms. The summed E-state index contributed by atoms with van der Waals surface area (Å²) in [5.41, 5.74) is 6.23. The molecule has 2 saturated carbocycles. The van der Waals surface area contributed by atoms with Crippen molar-refractivity contribution in [2.24, 2.45) is 22.2 Å². The average Bonchev–Trinajstić information content (AvgIpc) is 3.16. The van der Waals surface area contributed by atoms with Gasteiger partial charge in [0.25, 0.3) is 0 Å². The Hall–Kier alpha value is -1.56. The van der Waals surface area contributed by atoms with Crippen LogP contribution in [0.25, 0.3) is 0 Å². The number of carbonyl (C=O) groups excluding carboxylic acids is 1. The number of carbonyl (C=O) groups is 1. The standard InChI is InChI=1S/C15H21N3O2S/c1-10-6-15(7-10,13(16)17-20)14(19)18(12-2-3-12)8-11-4-5-21-9-11/h4-5,9-10,12,20H,2-3,6-8H2,1H3,(H2,16,17). The van der Waals surface area contributed by atoms with Crippen molar-refractivity contribution >= 4 is 23.1 Å². The summed E-state index contributed by atoms with van der Waals surface area (Å²) in [7, 11) is 0. The van der Waals surface area contributed by atoms with E-state index in [9.17, 15) is 4.79 Å². The summed E-state index contributed by atoms with van der Waals surface area (Å²) in [4.78, 5) is 15.0. The highest BCUT2D eigenvalue weighted by molar-refractivity contribution is 7.07. The van der Waals surface area contributed by atoms with Gasteiger partial charge in [0.15, 0.2) is 5.84 Å². The van der Waals surface area contributed by atoms with Gasteiger partial charge in [0, 0.05) is 12.6 Å². The molecule has 1 amide bonds. The SMILES string of the molecule is CC1CC(C(=O)N(Cc2ccsc2)C2CC2)(/C(N)=N/O)C1. The molecule has 3 N–H and O–H groups in total. The van der Waals surface area contributed by atoms with Crippen molar-refractivity contribution in [3.63, 3.8) is 0 Å². The Labute approximate surface area is 128 Å². The molecule has 6 heteroatoms. The highest BCUT2D eigenvalue weighted by Crippen LogP contribution is 2.48. The summed E-state index contributed by atoms with van der Waals surface area (Å²) in [5, 5.41) is 16.3. The second-order valence-corrected chi connectivity index (χ2v) is 7.16. The summed E-state index contributed by atoms with van der Waals surface area (Å²) >= 11 is 1.64. The molecule has 0 unspecified atom stereocenters. The predicted molar refractivity (Wildman–Crippen MR) is 82.1 cm³/mol. The Bertz CT molecular complexity index is 545. The summed E-state index contributed by atoms with van der Waals surface area (Å²) in [6, 6.07) is 2.36. The maximum atomic E-state index is 13.1. The molecule has 1 heterocycles. The lowest BCUT2D eigenvalue weighted by Gasteiger charge is -2.46. The molecule has 1 aromatic heterocycles. The molecule has 0 aliphatic heterocycles. The van der Waals surface area contributed by atoms with Gasteiger partial charge in [0.2, 0.25) is 5.91 Å². The Kier molecular flexibility index (Phi) is 3.65. The van der Waals surface area contributed by atoms with Crippen LogP contribution in [0.5, 0.6) is 0 Å². The molecule has 0 spiro atoms. The lowest BCUT2D eigenvalue weighted by Crippen LogP contribution is -2.58. The van der Waals surface area contributed by atoms with Gasteiger partial charge in [-0.2, -0.15) is 11.3 Å². The van der Waals surface area contributed by atoms with E-state index in [0.717, 1.165) is 18.4 Å². The van der Waals surface area contributed by atoms with Crippen LogP contribution in [0.4, 0.5) is 0 Å². The van der Waals surface area contributed by atoms with Crippen molar-refractivity contribution in [2.45, 2.75) is 45.2 Å². The summed E-state index contributed by atoms with van der Waals surface area (Å²) in [6.07, 6.45) is 3.46. The molecule has 0 saturated heterocycles. The Balaban J connectivity index is 1.83. The summed E-state index contributed by atoms with van der Waals surface area (Å²) in [5.74, 6) is 0.544. The second-order valence-electron chi connectivity index (χ2n) is 6.38. The van der Waals surface area contributed by atoms with E-state index >= 15 is 0 Å². The molecular formula is C15H21N3O2S. The van der Waals surface area contributed by atoms with Crippen LogP contribution in [0, 0.1) is 11.3 Å². The number of nitrogens with zero attached hydrogens (tertiary/aromatic N) is 2. The van der Waals surface area contributed by atoms with Crippen molar-refractivity contribution < 1.29 is 10.0 Å². The van der Waals surface area contributed by atoms with E-state index in [0.29, 0.717) is 31.3 Å². The second kappa shape index (κ2) is 5.33. The van der Waals surface area contributed by atoms with Crippen molar-refractivity contribution in [1.82, 2.24) is 4.90 Å². The van der Waals surface area contributed by atoms with E-state index in [2.05, 4.69) is 17.5 Å². The van der Waals surface area contributed by atoms with E-state index in [1.165, 1.54) is 0 Å². The Morgan fingerprint density at radius 2 is 2.29 bits per heavy atom. The molecule has 21 heavy (non-hydrogen) atoms. The smallest absolute Gasteiger partial charge is 0.237 e. The zero-order valence-corrected chi connectivity index (χ0v) is 13.0. The van der Waals surface area contributed by atoms with Crippen LogP contribution in [0.3, 0.4) is 0 Å². The minimum atomic E-state index is -0.785. The maximum absolute atomic E-state index is 13.1. The lowest BCUT2D eigenvalue weighted by atomic mass is 9.61. The number of nitrogens with two attached hydrogens (primary N) is 1. The lowest BCUT2D eigenvalue weighted by molar-refractivity contribution is -0.145. The quantitative estimate of drug-likeness (QED) is 0.379. The van der Waals surface area contributed by atoms with Gasteiger partial charge in [-0.15, -0.1) is 0 Å². The molecule has 0 aromatic carbocycles. The van der Waals surface area contributed by atoms with Crippen molar-refractivity contribution in [1.29, 1.82) is 0 Å². The largest absolute Gasteiger partial charge is 0.409 e. The Morgan fingerprint density at radius 3 is 2.76 bits per heavy atom. The normalized spacial score (nSPS) is 29.0. The highest BCUT2D eigenvalue weighted by atomic mass is 32.1. The van der Waals surface area contributed by atoms with Gasteiger partial charge in [-0.05, 0) is 54.0 Å². The molecule has 2 aliphatic carbocycles. The van der Waals surface area contributed by atoms with Gasteiger partial charge >= 0.3 is 0 Å². The van der Waals surface area contributed by atoms with E-state index in [1.54, 1.807) is 11.3 Å². The molecular weight excluding hydrogens is 286 g/mol. The number of oxime groups is 1.